The lowest BCUT2D eigenvalue weighted by atomic mass is 9.80. The minimum Gasteiger partial charge on any atom is -0.271 e. The number of rotatable bonds is 4. The number of hydrogen-bond acceptors (Lipinski definition) is 2. The number of nitrogens with two attached hydrogens (primary N) is 1. The molecule has 0 saturated heterocycles. The summed E-state index contributed by atoms with van der Waals surface area (Å²) in [6, 6.07) is 0.517. The summed E-state index contributed by atoms with van der Waals surface area (Å²) in [4.78, 5) is 0. The maximum absolute atomic E-state index is 5.74. The van der Waals surface area contributed by atoms with E-state index in [0.717, 1.165) is 5.92 Å². The van der Waals surface area contributed by atoms with Crippen molar-refractivity contribution in [1.82, 2.24) is 5.43 Å². The molecular formula is C13H28N2. The van der Waals surface area contributed by atoms with Crippen molar-refractivity contribution in [1.29, 1.82) is 0 Å². The molecule has 0 spiro atoms. The third-order valence-electron chi connectivity index (χ3n) is 4.22. The van der Waals surface area contributed by atoms with Crippen LogP contribution < -0.4 is 11.3 Å². The van der Waals surface area contributed by atoms with E-state index in [1.165, 1.54) is 38.5 Å². The van der Waals surface area contributed by atoms with E-state index in [9.17, 15) is 0 Å². The Balaban J connectivity index is 2.54. The highest BCUT2D eigenvalue weighted by atomic mass is 15.2. The van der Waals surface area contributed by atoms with E-state index < -0.39 is 0 Å². The standard InChI is InChI=1S/C13H28N2/c1-10(2)11(3)13(15-14)12-8-6-4-5-7-9-12/h10-13,15H,4-9,14H2,1-3H3. The Morgan fingerprint density at radius 1 is 1.00 bits per heavy atom. The lowest BCUT2D eigenvalue weighted by molar-refractivity contribution is 0.208. The van der Waals surface area contributed by atoms with E-state index >= 15 is 0 Å². The summed E-state index contributed by atoms with van der Waals surface area (Å²) in [6.07, 6.45) is 8.37. The Morgan fingerprint density at radius 3 is 1.93 bits per heavy atom. The van der Waals surface area contributed by atoms with Crippen LogP contribution >= 0.6 is 0 Å². The van der Waals surface area contributed by atoms with Crippen LogP contribution in [0.1, 0.15) is 59.3 Å². The van der Waals surface area contributed by atoms with Gasteiger partial charge < -0.3 is 0 Å². The summed E-state index contributed by atoms with van der Waals surface area (Å²) in [6.45, 7) is 6.93. The average molecular weight is 212 g/mol. The molecule has 0 heterocycles. The van der Waals surface area contributed by atoms with Crippen LogP contribution in [0.15, 0.2) is 0 Å². The summed E-state index contributed by atoms with van der Waals surface area (Å²) in [7, 11) is 0. The third-order valence-corrected chi connectivity index (χ3v) is 4.22. The van der Waals surface area contributed by atoms with Crippen molar-refractivity contribution in [3.8, 4) is 0 Å². The smallest absolute Gasteiger partial charge is 0.0266 e. The number of hydrazine groups is 1. The average Bonchev–Trinajstić information content (AvgIpc) is 2.47. The molecule has 0 aliphatic heterocycles. The molecule has 15 heavy (non-hydrogen) atoms. The van der Waals surface area contributed by atoms with Gasteiger partial charge in [0.15, 0.2) is 0 Å². The highest BCUT2D eigenvalue weighted by Gasteiger charge is 2.27. The molecule has 0 bridgehead atoms. The SMILES string of the molecule is CC(C)C(C)C(NN)C1CCCCCC1. The molecule has 0 aromatic carbocycles. The molecule has 1 aliphatic rings. The van der Waals surface area contributed by atoms with E-state index in [4.69, 9.17) is 5.84 Å². The molecule has 2 heteroatoms. The molecule has 0 radical (unpaired) electrons. The molecule has 1 aliphatic carbocycles. The van der Waals surface area contributed by atoms with Crippen LogP contribution in [0.4, 0.5) is 0 Å². The van der Waals surface area contributed by atoms with Gasteiger partial charge in [-0.25, -0.2) is 0 Å². The fourth-order valence-corrected chi connectivity index (χ4v) is 2.80. The van der Waals surface area contributed by atoms with Crippen molar-refractivity contribution in [3.63, 3.8) is 0 Å². The molecule has 1 saturated carbocycles. The fourth-order valence-electron chi connectivity index (χ4n) is 2.80. The molecule has 2 nitrogen and oxygen atoms in total. The Kier molecular flexibility index (Phi) is 5.62. The minimum atomic E-state index is 0.517. The van der Waals surface area contributed by atoms with Crippen LogP contribution in [-0.2, 0) is 0 Å². The van der Waals surface area contributed by atoms with Gasteiger partial charge in [-0.1, -0.05) is 46.5 Å². The highest BCUT2D eigenvalue weighted by molar-refractivity contribution is 4.82. The van der Waals surface area contributed by atoms with Crippen molar-refractivity contribution < 1.29 is 0 Å². The molecule has 90 valence electrons. The van der Waals surface area contributed by atoms with Gasteiger partial charge in [-0.2, -0.15) is 0 Å². The zero-order valence-electron chi connectivity index (χ0n) is 10.6. The van der Waals surface area contributed by atoms with Crippen LogP contribution in [0, 0.1) is 17.8 Å². The van der Waals surface area contributed by atoms with Crippen LogP contribution in [0.25, 0.3) is 0 Å². The van der Waals surface area contributed by atoms with Gasteiger partial charge in [0.05, 0.1) is 0 Å². The first kappa shape index (κ1) is 13.0. The largest absolute Gasteiger partial charge is 0.271 e. The molecule has 1 fully saturated rings. The Bertz CT molecular complexity index is 160. The predicted molar refractivity (Wildman–Crippen MR) is 66.3 cm³/mol. The first-order chi connectivity index (χ1) is 7.16. The maximum Gasteiger partial charge on any atom is 0.0266 e. The van der Waals surface area contributed by atoms with Gasteiger partial charge >= 0.3 is 0 Å². The first-order valence-corrected chi connectivity index (χ1v) is 6.63. The number of nitrogens with one attached hydrogen (secondary N) is 1. The van der Waals surface area contributed by atoms with Crippen molar-refractivity contribution in [2.24, 2.45) is 23.6 Å². The second-order valence-electron chi connectivity index (χ2n) is 5.55. The van der Waals surface area contributed by atoms with E-state index in [1.807, 2.05) is 0 Å². The zero-order chi connectivity index (χ0) is 11.3. The summed E-state index contributed by atoms with van der Waals surface area (Å²) in [5.74, 6) is 7.94. The maximum atomic E-state index is 5.74. The van der Waals surface area contributed by atoms with E-state index in [-0.39, 0.29) is 0 Å². The summed E-state index contributed by atoms with van der Waals surface area (Å²) >= 11 is 0. The monoisotopic (exact) mass is 212 g/mol. The Morgan fingerprint density at radius 2 is 1.53 bits per heavy atom. The van der Waals surface area contributed by atoms with Crippen LogP contribution in [0.3, 0.4) is 0 Å². The van der Waals surface area contributed by atoms with Crippen LogP contribution in [-0.4, -0.2) is 6.04 Å². The van der Waals surface area contributed by atoms with Gasteiger partial charge in [-0.3, -0.25) is 11.3 Å². The van der Waals surface area contributed by atoms with E-state index in [0.29, 0.717) is 17.9 Å². The van der Waals surface area contributed by atoms with E-state index in [2.05, 4.69) is 26.2 Å². The second-order valence-corrected chi connectivity index (χ2v) is 5.55. The van der Waals surface area contributed by atoms with Crippen molar-refractivity contribution >= 4 is 0 Å². The van der Waals surface area contributed by atoms with Crippen molar-refractivity contribution in [3.05, 3.63) is 0 Å². The van der Waals surface area contributed by atoms with Gasteiger partial charge in [0.2, 0.25) is 0 Å². The Hall–Kier alpha value is -0.0800. The molecule has 1 rings (SSSR count). The molecule has 3 N–H and O–H groups in total. The zero-order valence-corrected chi connectivity index (χ0v) is 10.6. The quantitative estimate of drug-likeness (QED) is 0.427. The fraction of sp³-hybridized carbons (Fsp3) is 1.00. The number of hydrogen-bond donors (Lipinski definition) is 2. The van der Waals surface area contributed by atoms with Crippen molar-refractivity contribution in [2.75, 3.05) is 0 Å². The van der Waals surface area contributed by atoms with Crippen LogP contribution in [0.5, 0.6) is 0 Å². The van der Waals surface area contributed by atoms with Gasteiger partial charge in [0.25, 0.3) is 0 Å². The highest BCUT2D eigenvalue weighted by Crippen LogP contribution is 2.30. The summed E-state index contributed by atoms with van der Waals surface area (Å²) in [5, 5.41) is 0. The molecule has 0 aromatic heterocycles. The summed E-state index contributed by atoms with van der Waals surface area (Å²) in [5.41, 5.74) is 3.08. The van der Waals surface area contributed by atoms with Gasteiger partial charge in [-0.15, -0.1) is 0 Å². The molecule has 2 atom stereocenters. The molecule has 0 aromatic rings. The van der Waals surface area contributed by atoms with Gasteiger partial charge in [0.1, 0.15) is 0 Å². The molecule has 2 unspecified atom stereocenters. The lowest BCUT2D eigenvalue weighted by Gasteiger charge is -2.33. The lowest BCUT2D eigenvalue weighted by Crippen LogP contribution is -2.46. The topological polar surface area (TPSA) is 38.0 Å². The first-order valence-electron chi connectivity index (χ1n) is 6.63. The molecular weight excluding hydrogens is 184 g/mol. The minimum absolute atomic E-state index is 0.517. The normalized spacial score (nSPS) is 23.8. The third kappa shape index (κ3) is 3.76. The predicted octanol–water partition coefficient (Wildman–Crippen LogP) is 3.08. The van der Waals surface area contributed by atoms with Gasteiger partial charge in [-0.05, 0) is 30.6 Å². The van der Waals surface area contributed by atoms with Crippen LogP contribution in [0.2, 0.25) is 0 Å². The van der Waals surface area contributed by atoms with Gasteiger partial charge in [0, 0.05) is 6.04 Å². The second kappa shape index (κ2) is 6.49. The summed E-state index contributed by atoms with van der Waals surface area (Å²) < 4.78 is 0. The van der Waals surface area contributed by atoms with E-state index in [1.54, 1.807) is 0 Å². The Labute approximate surface area is 95.0 Å². The van der Waals surface area contributed by atoms with Crippen molar-refractivity contribution in [2.45, 2.75) is 65.3 Å². The molecule has 0 amide bonds.